The maximum absolute atomic E-state index is 11.2. The predicted octanol–water partition coefficient (Wildman–Crippen LogP) is 1.36. The highest BCUT2D eigenvalue weighted by molar-refractivity contribution is 5.77. The minimum absolute atomic E-state index is 0.285. The van der Waals surface area contributed by atoms with E-state index in [2.05, 4.69) is 15.5 Å². The van der Waals surface area contributed by atoms with Gasteiger partial charge in [0.05, 0.1) is 12.0 Å². The molecule has 7 heteroatoms. The second-order valence-electron chi connectivity index (χ2n) is 4.87. The number of nitrogens with zero attached hydrogens (tertiary/aromatic N) is 4. The van der Waals surface area contributed by atoms with Gasteiger partial charge in [0, 0.05) is 6.42 Å². The molecule has 2 aromatic heterocycles. The lowest BCUT2D eigenvalue weighted by atomic mass is 10.1. The first-order chi connectivity index (χ1) is 9.14. The fraction of sp³-hybridized carbons (Fsp3) is 0.500. The molecule has 0 aromatic carbocycles. The Balaban J connectivity index is 1.88. The van der Waals surface area contributed by atoms with Gasteiger partial charge in [-0.25, -0.2) is 4.68 Å². The Morgan fingerprint density at radius 3 is 2.89 bits per heavy atom. The molecule has 100 valence electrons. The predicted molar refractivity (Wildman–Crippen MR) is 64.2 cm³/mol. The number of hydrogen-bond donors (Lipinski definition) is 1. The molecule has 3 rings (SSSR count). The largest absolute Gasteiger partial charge is 0.481 e. The van der Waals surface area contributed by atoms with E-state index in [9.17, 15) is 9.90 Å². The van der Waals surface area contributed by atoms with Crippen molar-refractivity contribution >= 4 is 5.97 Å². The van der Waals surface area contributed by atoms with Gasteiger partial charge in [-0.15, -0.1) is 5.10 Å². The van der Waals surface area contributed by atoms with Gasteiger partial charge in [0.1, 0.15) is 5.76 Å². The number of aromatic nitrogens is 4. The summed E-state index contributed by atoms with van der Waals surface area (Å²) in [6.07, 6.45) is 2.13. The van der Waals surface area contributed by atoms with Gasteiger partial charge in [0.15, 0.2) is 5.76 Å². The molecule has 2 aromatic rings. The standard InChI is InChI=1S/C12H14N4O3/c1-2-8-3-4-9(19-8)10-13-14-15-16(10)7-12(5-6-12)11(17)18/h3-4H,2,5-7H2,1H3,(H,17,18). The highest BCUT2D eigenvalue weighted by Gasteiger charge is 2.51. The first-order valence-corrected chi connectivity index (χ1v) is 6.23. The van der Waals surface area contributed by atoms with E-state index >= 15 is 0 Å². The summed E-state index contributed by atoms with van der Waals surface area (Å²) in [4.78, 5) is 11.2. The van der Waals surface area contributed by atoms with Crippen LogP contribution in [-0.4, -0.2) is 31.3 Å². The third-order valence-corrected chi connectivity index (χ3v) is 3.52. The van der Waals surface area contributed by atoms with E-state index in [-0.39, 0.29) is 6.54 Å². The van der Waals surface area contributed by atoms with E-state index < -0.39 is 11.4 Å². The monoisotopic (exact) mass is 262 g/mol. The van der Waals surface area contributed by atoms with Crippen molar-refractivity contribution in [1.82, 2.24) is 20.2 Å². The van der Waals surface area contributed by atoms with Crippen LogP contribution in [0, 0.1) is 5.41 Å². The van der Waals surface area contributed by atoms with Gasteiger partial charge >= 0.3 is 5.97 Å². The van der Waals surface area contributed by atoms with Crippen molar-refractivity contribution in [2.24, 2.45) is 5.41 Å². The van der Waals surface area contributed by atoms with Gasteiger partial charge in [0.25, 0.3) is 0 Å². The molecule has 0 radical (unpaired) electrons. The van der Waals surface area contributed by atoms with Crippen LogP contribution >= 0.6 is 0 Å². The van der Waals surface area contributed by atoms with Crippen LogP contribution in [0.1, 0.15) is 25.5 Å². The SMILES string of the molecule is CCc1ccc(-c2nnnn2CC2(C(=O)O)CC2)o1. The molecule has 7 nitrogen and oxygen atoms in total. The number of tetrazole rings is 1. The van der Waals surface area contributed by atoms with Crippen molar-refractivity contribution in [2.75, 3.05) is 0 Å². The number of rotatable bonds is 5. The number of carbonyl (C=O) groups is 1. The zero-order valence-corrected chi connectivity index (χ0v) is 10.5. The first kappa shape index (κ1) is 11.9. The number of furan rings is 1. The summed E-state index contributed by atoms with van der Waals surface area (Å²) in [7, 11) is 0. The van der Waals surface area contributed by atoms with Crippen LogP contribution in [0.5, 0.6) is 0 Å². The molecule has 1 saturated carbocycles. The third-order valence-electron chi connectivity index (χ3n) is 3.52. The lowest BCUT2D eigenvalue weighted by molar-refractivity contribution is -0.144. The van der Waals surface area contributed by atoms with Gasteiger partial charge in [-0.2, -0.15) is 0 Å². The summed E-state index contributed by atoms with van der Waals surface area (Å²) >= 11 is 0. The van der Waals surface area contributed by atoms with E-state index in [1.807, 2.05) is 13.0 Å². The quantitative estimate of drug-likeness (QED) is 0.874. The minimum atomic E-state index is -0.789. The van der Waals surface area contributed by atoms with Crippen LogP contribution < -0.4 is 0 Å². The van der Waals surface area contributed by atoms with Crippen LogP contribution in [0.25, 0.3) is 11.6 Å². The summed E-state index contributed by atoms with van der Waals surface area (Å²) < 4.78 is 7.12. The summed E-state index contributed by atoms with van der Waals surface area (Å²) in [5.74, 6) is 1.11. The molecule has 0 bridgehead atoms. The molecule has 0 saturated heterocycles. The molecule has 19 heavy (non-hydrogen) atoms. The fourth-order valence-electron chi connectivity index (χ4n) is 2.05. The Labute approximate surface area is 109 Å². The molecule has 1 aliphatic rings. The Bertz CT molecular complexity index is 612. The molecular formula is C12H14N4O3. The van der Waals surface area contributed by atoms with Crippen LogP contribution in [0.4, 0.5) is 0 Å². The topological polar surface area (TPSA) is 94.0 Å². The average molecular weight is 262 g/mol. The summed E-state index contributed by atoms with van der Waals surface area (Å²) in [5.41, 5.74) is -0.704. The van der Waals surface area contributed by atoms with Crippen molar-refractivity contribution in [3.8, 4) is 11.6 Å². The van der Waals surface area contributed by atoms with Gasteiger partial charge in [0.2, 0.25) is 5.82 Å². The van der Waals surface area contributed by atoms with Gasteiger partial charge in [-0.05, 0) is 35.4 Å². The van der Waals surface area contributed by atoms with Gasteiger partial charge in [-0.1, -0.05) is 6.92 Å². The number of hydrogen-bond acceptors (Lipinski definition) is 5. The number of carboxylic acids is 1. The Hall–Kier alpha value is -2.18. The lowest BCUT2D eigenvalue weighted by Gasteiger charge is -2.09. The fourth-order valence-corrected chi connectivity index (χ4v) is 2.05. The number of aliphatic carboxylic acids is 1. The highest BCUT2D eigenvalue weighted by Crippen LogP contribution is 2.47. The van der Waals surface area contributed by atoms with Crippen LogP contribution in [0.3, 0.4) is 0 Å². The third kappa shape index (κ3) is 2.00. The van der Waals surface area contributed by atoms with Crippen LogP contribution in [0.15, 0.2) is 16.5 Å². The maximum atomic E-state index is 11.2. The van der Waals surface area contributed by atoms with E-state index in [1.54, 1.807) is 6.07 Å². The van der Waals surface area contributed by atoms with Gasteiger partial charge < -0.3 is 9.52 Å². The first-order valence-electron chi connectivity index (χ1n) is 6.23. The van der Waals surface area contributed by atoms with Crippen molar-refractivity contribution in [3.63, 3.8) is 0 Å². The molecule has 1 N–H and O–H groups in total. The maximum Gasteiger partial charge on any atom is 0.311 e. The van der Waals surface area contributed by atoms with Crippen molar-refractivity contribution in [1.29, 1.82) is 0 Å². The molecule has 1 fully saturated rings. The molecule has 0 spiro atoms. The molecule has 2 heterocycles. The molecule has 0 aliphatic heterocycles. The molecule has 0 atom stereocenters. The van der Waals surface area contributed by atoms with Crippen LogP contribution in [0.2, 0.25) is 0 Å². The zero-order chi connectivity index (χ0) is 13.5. The highest BCUT2D eigenvalue weighted by atomic mass is 16.4. The average Bonchev–Trinajstić information content (AvgIpc) is 2.84. The summed E-state index contributed by atoms with van der Waals surface area (Å²) in [5, 5.41) is 20.6. The molecule has 1 aliphatic carbocycles. The van der Waals surface area contributed by atoms with E-state index in [4.69, 9.17) is 4.42 Å². The number of carboxylic acid groups (broad SMARTS) is 1. The minimum Gasteiger partial charge on any atom is -0.481 e. The van der Waals surface area contributed by atoms with Crippen molar-refractivity contribution in [2.45, 2.75) is 32.7 Å². The summed E-state index contributed by atoms with van der Waals surface area (Å²) in [6.45, 7) is 2.28. The molecular weight excluding hydrogens is 248 g/mol. The smallest absolute Gasteiger partial charge is 0.311 e. The van der Waals surface area contributed by atoms with Crippen LogP contribution in [-0.2, 0) is 17.8 Å². The zero-order valence-electron chi connectivity index (χ0n) is 10.5. The Morgan fingerprint density at radius 2 is 2.32 bits per heavy atom. The second kappa shape index (κ2) is 4.18. The second-order valence-corrected chi connectivity index (χ2v) is 4.87. The van der Waals surface area contributed by atoms with Crippen molar-refractivity contribution < 1.29 is 14.3 Å². The molecule has 0 unspecified atom stereocenters. The normalized spacial score (nSPS) is 16.5. The van der Waals surface area contributed by atoms with Crippen molar-refractivity contribution in [3.05, 3.63) is 17.9 Å². The number of aryl methyl sites for hydroxylation is 1. The molecule has 0 amide bonds. The Kier molecular flexibility index (Phi) is 2.62. The summed E-state index contributed by atoms with van der Waals surface area (Å²) in [6, 6.07) is 3.68. The van der Waals surface area contributed by atoms with E-state index in [0.29, 0.717) is 24.4 Å². The van der Waals surface area contributed by atoms with E-state index in [1.165, 1.54) is 4.68 Å². The lowest BCUT2D eigenvalue weighted by Crippen LogP contribution is -2.22. The van der Waals surface area contributed by atoms with Gasteiger partial charge in [-0.3, -0.25) is 4.79 Å². The Morgan fingerprint density at radius 1 is 1.53 bits per heavy atom. The van der Waals surface area contributed by atoms with E-state index in [0.717, 1.165) is 12.2 Å².